The third-order valence-corrected chi connectivity index (χ3v) is 6.28. The van der Waals surface area contributed by atoms with Crippen molar-refractivity contribution in [1.82, 2.24) is 0 Å². The average Bonchev–Trinajstić information content (AvgIpc) is 3.26. The number of unbranched alkanes of at least 4 members (excludes halogenated alkanes) is 1. The van der Waals surface area contributed by atoms with Gasteiger partial charge in [-0.2, -0.15) is 0 Å². The van der Waals surface area contributed by atoms with E-state index >= 15 is 0 Å². The first-order chi connectivity index (χ1) is 9.62. The molecule has 6 atom stereocenters. The summed E-state index contributed by atoms with van der Waals surface area (Å²) in [6.07, 6.45) is 9.81. The predicted molar refractivity (Wildman–Crippen MR) is 77.5 cm³/mol. The van der Waals surface area contributed by atoms with Gasteiger partial charge in [-0.3, -0.25) is 4.79 Å². The molecule has 0 amide bonds. The number of aliphatic carboxylic acids is 1. The van der Waals surface area contributed by atoms with Gasteiger partial charge in [-0.25, -0.2) is 0 Å². The molecule has 3 heteroatoms. The lowest BCUT2D eigenvalue weighted by molar-refractivity contribution is -0.153. The molecule has 0 aromatic heterocycles. The summed E-state index contributed by atoms with van der Waals surface area (Å²) in [5.74, 6) is 0.477. The van der Waals surface area contributed by atoms with Crippen molar-refractivity contribution in [3.63, 3.8) is 0 Å². The van der Waals surface area contributed by atoms with Gasteiger partial charge in [-0.15, -0.1) is 0 Å². The molecular weight excluding hydrogens is 252 g/mol. The summed E-state index contributed by atoms with van der Waals surface area (Å²) >= 11 is 0. The maximum atomic E-state index is 11.7. The highest BCUT2D eigenvalue weighted by Crippen LogP contribution is 2.65. The van der Waals surface area contributed by atoms with E-state index in [4.69, 9.17) is 4.74 Å². The molecule has 1 saturated heterocycles. The fraction of sp³-hybridized carbons (Fsp3) is 0.941. The van der Waals surface area contributed by atoms with Crippen molar-refractivity contribution in [2.24, 2.45) is 23.2 Å². The van der Waals surface area contributed by atoms with Crippen LogP contribution in [0.1, 0.15) is 65.2 Å². The number of hydrogen-bond acceptors (Lipinski definition) is 2. The SMILES string of the molecule is CCCCC(CC)CC12CCC(CC1C(=O)O)C1OC12. The minimum absolute atomic E-state index is 0.0420. The van der Waals surface area contributed by atoms with Gasteiger partial charge in [0.2, 0.25) is 0 Å². The number of carbonyl (C=O) groups is 1. The van der Waals surface area contributed by atoms with E-state index in [9.17, 15) is 9.90 Å². The highest BCUT2D eigenvalue weighted by Gasteiger charge is 2.69. The Balaban J connectivity index is 1.77. The fourth-order valence-electron chi connectivity index (χ4n) is 5.06. The van der Waals surface area contributed by atoms with Crippen LogP contribution in [0.3, 0.4) is 0 Å². The second-order valence-electron chi connectivity index (χ2n) is 7.30. The van der Waals surface area contributed by atoms with Crippen LogP contribution in [0, 0.1) is 23.2 Å². The van der Waals surface area contributed by atoms with E-state index in [0.717, 1.165) is 19.3 Å². The van der Waals surface area contributed by atoms with Crippen LogP contribution in [-0.2, 0) is 9.53 Å². The fourth-order valence-corrected chi connectivity index (χ4v) is 5.06. The molecule has 4 fully saturated rings. The summed E-state index contributed by atoms with van der Waals surface area (Å²) in [4.78, 5) is 11.7. The highest BCUT2D eigenvalue weighted by molar-refractivity contribution is 5.72. The zero-order chi connectivity index (χ0) is 14.3. The summed E-state index contributed by atoms with van der Waals surface area (Å²) < 4.78 is 5.94. The molecule has 20 heavy (non-hydrogen) atoms. The Morgan fingerprint density at radius 1 is 1.45 bits per heavy atom. The summed E-state index contributed by atoms with van der Waals surface area (Å²) in [6.45, 7) is 4.49. The Hall–Kier alpha value is -0.570. The number of hydrogen-bond donors (Lipinski definition) is 1. The second-order valence-corrected chi connectivity index (χ2v) is 7.30. The van der Waals surface area contributed by atoms with Crippen LogP contribution in [0.25, 0.3) is 0 Å². The molecular formula is C17H28O3. The molecule has 114 valence electrons. The van der Waals surface area contributed by atoms with Gasteiger partial charge < -0.3 is 9.84 Å². The van der Waals surface area contributed by atoms with Crippen LogP contribution in [0.2, 0.25) is 0 Å². The lowest BCUT2D eigenvalue weighted by atomic mass is 9.52. The molecule has 0 spiro atoms. The van der Waals surface area contributed by atoms with E-state index in [-0.39, 0.29) is 17.4 Å². The number of epoxide rings is 1. The summed E-state index contributed by atoms with van der Waals surface area (Å²) in [5, 5.41) is 9.67. The first kappa shape index (κ1) is 14.4. The Kier molecular flexibility index (Phi) is 3.83. The molecule has 0 radical (unpaired) electrons. The minimum Gasteiger partial charge on any atom is -0.481 e. The molecule has 2 bridgehead atoms. The van der Waals surface area contributed by atoms with Crippen LogP contribution in [0.5, 0.6) is 0 Å². The average molecular weight is 280 g/mol. The van der Waals surface area contributed by atoms with Gasteiger partial charge in [0, 0.05) is 5.41 Å². The summed E-state index contributed by atoms with van der Waals surface area (Å²) in [6, 6.07) is 0. The topological polar surface area (TPSA) is 49.8 Å². The second kappa shape index (κ2) is 5.32. The molecule has 1 aliphatic heterocycles. The molecule has 3 nitrogen and oxygen atoms in total. The Morgan fingerprint density at radius 3 is 2.90 bits per heavy atom. The van der Waals surface area contributed by atoms with E-state index < -0.39 is 5.97 Å². The number of carboxylic acids is 1. The first-order valence-corrected chi connectivity index (χ1v) is 8.50. The van der Waals surface area contributed by atoms with E-state index in [1.807, 2.05) is 0 Å². The first-order valence-electron chi connectivity index (χ1n) is 8.50. The van der Waals surface area contributed by atoms with E-state index in [1.54, 1.807) is 0 Å². The van der Waals surface area contributed by atoms with Crippen molar-refractivity contribution < 1.29 is 14.6 Å². The Morgan fingerprint density at radius 2 is 2.25 bits per heavy atom. The van der Waals surface area contributed by atoms with Gasteiger partial charge in [0.05, 0.1) is 18.1 Å². The van der Waals surface area contributed by atoms with E-state index in [1.165, 1.54) is 32.1 Å². The van der Waals surface area contributed by atoms with Crippen molar-refractivity contribution in [2.45, 2.75) is 77.4 Å². The summed E-state index contributed by atoms with van der Waals surface area (Å²) in [7, 11) is 0. The molecule has 3 aliphatic carbocycles. The number of ether oxygens (including phenoxy) is 1. The lowest BCUT2D eigenvalue weighted by Crippen LogP contribution is -2.51. The molecule has 0 aromatic rings. The van der Waals surface area contributed by atoms with Crippen molar-refractivity contribution in [3.8, 4) is 0 Å². The third-order valence-electron chi connectivity index (χ3n) is 6.28. The maximum Gasteiger partial charge on any atom is 0.307 e. The zero-order valence-electron chi connectivity index (χ0n) is 12.8. The van der Waals surface area contributed by atoms with E-state index in [0.29, 0.717) is 17.9 Å². The monoisotopic (exact) mass is 280 g/mol. The van der Waals surface area contributed by atoms with Crippen LogP contribution < -0.4 is 0 Å². The molecule has 4 rings (SSSR count). The van der Waals surface area contributed by atoms with Gasteiger partial charge in [0.25, 0.3) is 0 Å². The van der Waals surface area contributed by atoms with E-state index in [2.05, 4.69) is 13.8 Å². The zero-order valence-corrected chi connectivity index (χ0v) is 12.8. The largest absolute Gasteiger partial charge is 0.481 e. The Bertz CT molecular complexity index is 380. The van der Waals surface area contributed by atoms with Crippen molar-refractivity contribution in [1.29, 1.82) is 0 Å². The van der Waals surface area contributed by atoms with Crippen LogP contribution in [0.15, 0.2) is 0 Å². The maximum absolute atomic E-state index is 11.7. The van der Waals surface area contributed by atoms with Gasteiger partial charge in [-0.1, -0.05) is 39.5 Å². The quantitative estimate of drug-likeness (QED) is 0.720. The van der Waals surface area contributed by atoms with Gasteiger partial charge in [-0.05, 0) is 37.5 Å². The molecule has 1 N–H and O–H groups in total. The van der Waals surface area contributed by atoms with Crippen LogP contribution in [-0.4, -0.2) is 23.3 Å². The van der Waals surface area contributed by atoms with Crippen LogP contribution >= 0.6 is 0 Å². The Labute approximate surface area is 122 Å². The lowest BCUT2D eigenvalue weighted by Gasteiger charge is -2.49. The van der Waals surface area contributed by atoms with Crippen molar-refractivity contribution >= 4 is 5.97 Å². The number of carboxylic acid groups (broad SMARTS) is 1. The van der Waals surface area contributed by atoms with Crippen LogP contribution in [0.4, 0.5) is 0 Å². The van der Waals surface area contributed by atoms with Gasteiger partial charge >= 0.3 is 5.97 Å². The predicted octanol–water partition coefficient (Wildman–Crippen LogP) is 3.86. The van der Waals surface area contributed by atoms with Gasteiger partial charge in [0.15, 0.2) is 0 Å². The molecule has 3 saturated carbocycles. The number of rotatable bonds is 7. The standard InChI is InChI=1S/C17H28O3/c1-3-5-6-11(4-2)10-17-8-7-12(14-15(17)20-14)9-13(17)16(18)19/h11-15H,3-10H2,1-2H3,(H,18,19). The highest BCUT2D eigenvalue weighted by atomic mass is 16.6. The minimum atomic E-state index is -0.575. The molecule has 6 unspecified atom stereocenters. The van der Waals surface area contributed by atoms with Crippen molar-refractivity contribution in [2.75, 3.05) is 0 Å². The molecule has 1 heterocycles. The summed E-state index contributed by atoms with van der Waals surface area (Å²) in [5.41, 5.74) is -0.0420. The molecule has 0 aromatic carbocycles. The third kappa shape index (κ3) is 2.18. The smallest absolute Gasteiger partial charge is 0.307 e. The van der Waals surface area contributed by atoms with Crippen molar-refractivity contribution in [3.05, 3.63) is 0 Å². The number of fused-ring (bicyclic) bond motifs is 2. The normalized spacial score (nSPS) is 43.1. The molecule has 4 aliphatic rings. The van der Waals surface area contributed by atoms with Gasteiger partial charge in [0.1, 0.15) is 0 Å².